The third-order valence-electron chi connectivity index (χ3n) is 2.28. The monoisotopic (exact) mass is 241 g/mol. The van der Waals surface area contributed by atoms with Crippen LogP contribution in [0, 0.1) is 0 Å². The van der Waals surface area contributed by atoms with Gasteiger partial charge in [-0.15, -0.1) is 0 Å². The van der Waals surface area contributed by atoms with Crippen LogP contribution in [0.2, 0.25) is 0 Å². The predicted molar refractivity (Wildman–Crippen MR) is 76.1 cm³/mol. The molecule has 0 aliphatic rings. The molecule has 0 bridgehead atoms. The number of rotatable bonds is 4. The van der Waals surface area contributed by atoms with Gasteiger partial charge in [0.2, 0.25) is 0 Å². The van der Waals surface area contributed by atoms with Crippen molar-refractivity contribution in [2.24, 2.45) is 0 Å². The van der Waals surface area contributed by atoms with Crippen LogP contribution in [0.5, 0.6) is 0 Å². The first-order valence-corrected chi connectivity index (χ1v) is 6.06. The van der Waals surface area contributed by atoms with Crippen LogP contribution in [-0.4, -0.2) is 19.3 Å². The van der Waals surface area contributed by atoms with E-state index in [0.29, 0.717) is 14.3 Å². The second-order valence-corrected chi connectivity index (χ2v) is 3.71. The molecule has 2 rings (SSSR count). The molecule has 2 aromatic carbocycles. The average molecular weight is 241 g/mol. The summed E-state index contributed by atoms with van der Waals surface area (Å²) >= 11 is 0. The van der Waals surface area contributed by atoms with Crippen LogP contribution in [0.3, 0.4) is 0 Å². The van der Waals surface area contributed by atoms with Crippen molar-refractivity contribution in [1.29, 1.82) is 0 Å². The van der Waals surface area contributed by atoms with Crippen molar-refractivity contribution in [2.45, 2.75) is 13.3 Å². The van der Waals surface area contributed by atoms with Gasteiger partial charge in [-0.1, -0.05) is 67.6 Å². The zero-order valence-corrected chi connectivity index (χ0v) is 10.6. The molecule has 0 aromatic heterocycles. The highest BCUT2D eigenvalue weighted by Gasteiger charge is 1.91. The summed E-state index contributed by atoms with van der Waals surface area (Å²) in [5.41, 5.74) is 2.55. The van der Waals surface area contributed by atoms with E-state index in [4.69, 9.17) is 5.02 Å². The van der Waals surface area contributed by atoms with Crippen LogP contribution in [0.15, 0.2) is 60.7 Å². The van der Waals surface area contributed by atoms with Gasteiger partial charge in [-0.25, -0.2) is 0 Å². The van der Waals surface area contributed by atoms with Gasteiger partial charge in [-0.3, -0.25) is 0 Å². The fourth-order valence-electron chi connectivity index (χ4n) is 1.43. The first-order valence-electron chi connectivity index (χ1n) is 6.06. The Balaban J connectivity index is 0.000000232. The van der Waals surface area contributed by atoms with Gasteiger partial charge < -0.3 is 9.68 Å². The Labute approximate surface area is 110 Å². The largest absolute Gasteiger partial charge is 0.485 e. The third-order valence-corrected chi connectivity index (χ3v) is 2.28. The van der Waals surface area contributed by atoms with Crippen molar-refractivity contribution in [3.8, 4) is 11.1 Å². The SMILES string of the molecule is CCCO[B]O.c1ccc(-c2ccccc2)cc1. The lowest BCUT2D eigenvalue weighted by atomic mass is 10.1. The highest BCUT2D eigenvalue weighted by molar-refractivity contribution is 6.15. The van der Waals surface area contributed by atoms with E-state index in [1.54, 1.807) is 0 Å². The van der Waals surface area contributed by atoms with Crippen LogP contribution < -0.4 is 0 Å². The van der Waals surface area contributed by atoms with E-state index in [1.165, 1.54) is 11.1 Å². The van der Waals surface area contributed by atoms with Crippen LogP contribution in [0.1, 0.15) is 13.3 Å². The topological polar surface area (TPSA) is 29.5 Å². The number of hydrogen-bond donors (Lipinski definition) is 1. The Morgan fingerprint density at radius 3 is 1.61 bits per heavy atom. The van der Waals surface area contributed by atoms with E-state index in [0.717, 1.165) is 6.42 Å². The molecule has 93 valence electrons. The van der Waals surface area contributed by atoms with Crippen molar-refractivity contribution in [1.82, 2.24) is 0 Å². The lowest BCUT2D eigenvalue weighted by Crippen LogP contribution is -1.96. The van der Waals surface area contributed by atoms with Crippen LogP contribution in [0.4, 0.5) is 0 Å². The Bertz CT molecular complexity index is 362. The summed E-state index contributed by atoms with van der Waals surface area (Å²) in [6, 6.07) is 20.8. The van der Waals surface area contributed by atoms with Crippen LogP contribution in [-0.2, 0) is 4.65 Å². The fourth-order valence-corrected chi connectivity index (χ4v) is 1.43. The van der Waals surface area contributed by atoms with Gasteiger partial charge in [0.15, 0.2) is 0 Å². The molecule has 0 spiro atoms. The molecule has 18 heavy (non-hydrogen) atoms. The summed E-state index contributed by atoms with van der Waals surface area (Å²) in [5, 5.41) is 7.85. The molecule has 0 aliphatic heterocycles. The molecule has 0 aliphatic carbocycles. The van der Waals surface area contributed by atoms with E-state index < -0.39 is 0 Å². The fraction of sp³-hybridized carbons (Fsp3) is 0.200. The van der Waals surface area contributed by atoms with E-state index in [1.807, 2.05) is 19.1 Å². The quantitative estimate of drug-likeness (QED) is 0.657. The van der Waals surface area contributed by atoms with Gasteiger partial charge in [-0.05, 0) is 17.5 Å². The maximum Gasteiger partial charge on any atom is 0.485 e. The normalized spacial score (nSPS) is 9.22. The molecule has 2 nitrogen and oxygen atoms in total. The molecule has 1 N–H and O–H groups in total. The predicted octanol–water partition coefficient (Wildman–Crippen LogP) is 3.29. The lowest BCUT2D eigenvalue weighted by Gasteiger charge is -1.98. The molecule has 0 atom stereocenters. The Morgan fingerprint density at radius 1 is 0.889 bits per heavy atom. The van der Waals surface area contributed by atoms with Crippen LogP contribution >= 0.6 is 0 Å². The molecule has 0 saturated carbocycles. The highest BCUT2D eigenvalue weighted by Crippen LogP contribution is 2.17. The minimum Gasteiger partial charge on any atom is -0.429 e. The Morgan fingerprint density at radius 2 is 1.33 bits per heavy atom. The summed E-state index contributed by atoms with van der Waals surface area (Å²) in [6.07, 6.45) is 0.942. The Hall–Kier alpha value is -1.58. The Kier molecular flexibility index (Phi) is 7.61. The van der Waals surface area contributed by atoms with Crippen molar-refractivity contribution < 1.29 is 9.68 Å². The lowest BCUT2D eigenvalue weighted by molar-refractivity contribution is 0.284. The average Bonchev–Trinajstić information content (AvgIpc) is 2.48. The molecule has 0 saturated heterocycles. The first kappa shape index (κ1) is 14.5. The van der Waals surface area contributed by atoms with E-state index in [2.05, 4.69) is 53.2 Å². The summed E-state index contributed by atoms with van der Waals surface area (Å²) in [7, 11) is 0.712. The summed E-state index contributed by atoms with van der Waals surface area (Å²) < 4.78 is 4.41. The molecule has 2 aromatic rings. The molecule has 0 heterocycles. The molecule has 0 amide bonds. The van der Waals surface area contributed by atoms with E-state index in [-0.39, 0.29) is 0 Å². The minimum atomic E-state index is 0.608. The maximum atomic E-state index is 7.85. The van der Waals surface area contributed by atoms with Gasteiger partial charge in [0.05, 0.1) is 0 Å². The summed E-state index contributed by atoms with van der Waals surface area (Å²) in [5.74, 6) is 0. The second kappa shape index (κ2) is 9.45. The highest BCUT2D eigenvalue weighted by atomic mass is 16.5. The standard InChI is InChI=1S/C12H10.C3H8BO2/c1-3-7-11(8-4-1)12-9-5-2-6-10-12;1-2-3-6-4-5/h1-10H;5H,2-3H2,1H3. The second-order valence-electron chi connectivity index (χ2n) is 3.71. The van der Waals surface area contributed by atoms with E-state index in [9.17, 15) is 0 Å². The van der Waals surface area contributed by atoms with Gasteiger partial charge in [0.1, 0.15) is 0 Å². The first-order chi connectivity index (χ1) is 8.88. The van der Waals surface area contributed by atoms with Gasteiger partial charge >= 0.3 is 7.69 Å². The van der Waals surface area contributed by atoms with Crippen molar-refractivity contribution in [2.75, 3.05) is 6.61 Å². The van der Waals surface area contributed by atoms with Crippen molar-refractivity contribution >= 4 is 7.69 Å². The minimum absolute atomic E-state index is 0.608. The molecule has 3 heteroatoms. The molecule has 1 radical (unpaired) electrons. The zero-order chi connectivity index (χ0) is 13.1. The molecule has 0 fully saturated rings. The summed E-state index contributed by atoms with van der Waals surface area (Å²) in [6.45, 7) is 2.58. The molecular formula is C15H18BO2. The van der Waals surface area contributed by atoms with Gasteiger partial charge in [0.25, 0.3) is 0 Å². The smallest absolute Gasteiger partial charge is 0.429 e. The number of benzene rings is 2. The van der Waals surface area contributed by atoms with Crippen molar-refractivity contribution in [3.63, 3.8) is 0 Å². The van der Waals surface area contributed by atoms with Gasteiger partial charge in [0, 0.05) is 6.61 Å². The zero-order valence-electron chi connectivity index (χ0n) is 10.6. The van der Waals surface area contributed by atoms with Gasteiger partial charge in [-0.2, -0.15) is 0 Å². The number of hydrogen-bond acceptors (Lipinski definition) is 2. The van der Waals surface area contributed by atoms with Crippen LogP contribution in [0.25, 0.3) is 11.1 Å². The van der Waals surface area contributed by atoms with Crippen molar-refractivity contribution in [3.05, 3.63) is 60.7 Å². The maximum absolute atomic E-state index is 7.85. The summed E-state index contributed by atoms with van der Waals surface area (Å²) in [4.78, 5) is 0. The van der Waals surface area contributed by atoms with E-state index >= 15 is 0 Å². The molecule has 0 unspecified atom stereocenters. The third kappa shape index (κ3) is 5.66. The molecular weight excluding hydrogens is 223 g/mol.